The van der Waals surface area contributed by atoms with Crippen molar-refractivity contribution in [3.05, 3.63) is 51.2 Å². The topological polar surface area (TPSA) is 78.3 Å². The molecule has 1 heterocycles. The third kappa shape index (κ3) is 3.05. The van der Waals surface area contributed by atoms with Crippen LogP contribution in [0.15, 0.2) is 39.9 Å². The maximum absolute atomic E-state index is 12.0. The minimum absolute atomic E-state index is 0.112. The Balaban J connectivity index is 2.64. The molecule has 6 nitrogen and oxygen atoms in total. The maximum atomic E-state index is 12.0. The van der Waals surface area contributed by atoms with Crippen molar-refractivity contribution >= 4 is 0 Å². The molecule has 0 aliphatic heterocycles. The van der Waals surface area contributed by atoms with Gasteiger partial charge in [-0.05, 0) is 26.6 Å². The van der Waals surface area contributed by atoms with Gasteiger partial charge in [0, 0.05) is 6.54 Å². The van der Waals surface area contributed by atoms with Crippen LogP contribution in [0.2, 0.25) is 0 Å². The predicted octanol–water partition coefficient (Wildman–Crippen LogP) is 1.03. The molecule has 2 aromatic rings. The minimum Gasteiger partial charge on any atom is -0.494 e. The molecule has 0 saturated carbocycles. The summed E-state index contributed by atoms with van der Waals surface area (Å²) in [6, 6.07) is 8.52. The predicted molar refractivity (Wildman–Crippen MR) is 81.7 cm³/mol. The van der Waals surface area contributed by atoms with Crippen molar-refractivity contribution in [2.45, 2.75) is 13.0 Å². The van der Waals surface area contributed by atoms with E-state index in [0.29, 0.717) is 12.1 Å². The molecule has 2 rings (SSSR count). The van der Waals surface area contributed by atoms with Crippen molar-refractivity contribution in [1.82, 2.24) is 14.5 Å². The summed E-state index contributed by atoms with van der Waals surface area (Å²) in [6.45, 7) is 2.38. The van der Waals surface area contributed by atoms with Crippen LogP contribution in [0.5, 0.6) is 5.88 Å². The van der Waals surface area contributed by atoms with Crippen LogP contribution in [0.1, 0.15) is 13.0 Å². The minimum atomic E-state index is -0.605. The van der Waals surface area contributed by atoms with Crippen molar-refractivity contribution in [2.75, 3.05) is 20.6 Å². The fourth-order valence-corrected chi connectivity index (χ4v) is 2.42. The third-order valence-electron chi connectivity index (χ3n) is 3.25. The SMILES string of the molecule is CC(CN(C)C)n1c(O)c(-c2ccccc2)c(=O)[nH]c1=O. The van der Waals surface area contributed by atoms with Gasteiger partial charge in [0.05, 0.1) is 6.04 Å². The largest absolute Gasteiger partial charge is 0.494 e. The zero-order valence-electron chi connectivity index (χ0n) is 12.3. The Labute approximate surface area is 122 Å². The van der Waals surface area contributed by atoms with Crippen molar-refractivity contribution in [3.8, 4) is 17.0 Å². The van der Waals surface area contributed by atoms with Gasteiger partial charge < -0.3 is 10.0 Å². The Kier molecular flexibility index (Phi) is 4.28. The number of nitrogens with zero attached hydrogens (tertiary/aromatic N) is 2. The van der Waals surface area contributed by atoms with Gasteiger partial charge in [0.15, 0.2) is 0 Å². The first-order valence-electron chi connectivity index (χ1n) is 6.69. The van der Waals surface area contributed by atoms with Gasteiger partial charge in [-0.3, -0.25) is 14.3 Å². The van der Waals surface area contributed by atoms with Crippen molar-refractivity contribution in [3.63, 3.8) is 0 Å². The number of aromatic hydroxyl groups is 1. The molecule has 0 spiro atoms. The number of nitrogens with one attached hydrogen (secondary N) is 1. The monoisotopic (exact) mass is 289 g/mol. The molecule has 1 unspecified atom stereocenters. The zero-order chi connectivity index (χ0) is 15.6. The van der Waals surface area contributed by atoms with E-state index >= 15 is 0 Å². The van der Waals surface area contributed by atoms with Crippen LogP contribution in [-0.2, 0) is 0 Å². The van der Waals surface area contributed by atoms with E-state index in [-0.39, 0.29) is 17.5 Å². The van der Waals surface area contributed by atoms with E-state index in [2.05, 4.69) is 4.98 Å². The molecule has 1 atom stereocenters. The second-order valence-corrected chi connectivity index (χ2v) is 5.31. The standard InChI is InChI=1S/C15H19N3O3/c1-10(9-17(2)3)18-14(20)12(13(19)16-15(18)21)11-7-5-4-6-8-11/h4-8,10,20H,9H2,1-3H3,(H,16,19,21). The smallest absolute Gasteiger partial charge is 0.331 e. The Morgan fingerprint density at radius 1 is 1.24 bits per heavy atom. The highest BCUT2D eigenvalue weighted by Gasteiger charge is 2.19. The number of aromatic amines is 1. The van der Waals surface area contributed by atoms with E-state index in [9.17, 15) is 14.7 Å². The highest BCUT2D eigenvalue weighted by Crippen LogP contribution is 2.25. The highest BCUT2D eigenvalue weighted by atomic mass is 16.3. The van der Waals surface area contributed by atoms with Gasteiger partial charge in [-0.1, -0.05) is 30.3 Å². The van der Waals surface area contributed by atoms with Crippen LogP contribution in [-0.4, -0.2) is 40.2 Å². The molecule has 1 aromatic carbocycles. The van der Waals surface area contributed by atoms with E-state index in [4.69, 9.17) is 0 Å². The van der Waals surface area contributed by atoms with Crippen LogP contribution in [0.25, 0.3) is 11.1 Å². The van der Waals surface area contributed by atoms with E-state index in [1.54, 1.807) is 24.3 Å². The van der Waals surface area contributed by atoms with Gasteiger partial charge in [0.2, 0.25) is 5.88 Å². The Hall–Kier alpha value is -2.34. The van der Waals surface area contributed by atoms with E-state index in [0.717, 1.165) is 0 Å². The number of aromatic nitrogens is 2. The van der Waals surface area contributed by atoms with E-state index < -0.39 is 11.2 Å². The van der Waals surface area contributed by atoms with Crippen LogP contribution < -0.4 is 11.2 Å². The summed E-state index contributed by atoms with van der Waals surface area (Å²) >= 11 is 0. The molecule has 21 heavy (non-hydrogen) atoms. The number of H-pyrrole nitrogens is 1. The van der Waals surface area contributed by atoms with Crippen LogP contribution in [0.4, 0.5) is 0 Å². The van der Waals surface area contributed by atoms with Crippen molar-refractivity contribution in [2.24, 2.45) is 0 Å². The number of benzene rings is 1. The fraction of sp³-hybridized carbons (Fsp3) is 0.333. The van der Waals surface area contributed by atoms with Gasteiger partial charge in [-0.15, -0.1) is 0 Å². The average Bonchev–Trinajstić information content (AvgIpc) is 2.38. The van der Waals surface area contributed by atoms with Gasteiger partial charge in [-0.25, -0.2) is 4.79 Å². The second-order valence-electron chi connectivity index (χ2n) is 5.31. The highest BCUT2D eigenvalue weighted by molar-refractivity contribution is 5.67. The molecule has 112 valence electrons. The molecule has 0 aliphatic carbocycles. The molecule has 0 fully saturated rings. The Bertz CT molecular complexity index is 732. The summed E-state index contributed by atoms with van der Waals surface area (Å²) in [5.41, 5.74) is -0.508. The molecule has 0 amide bonds. The zero-order valence-corrected chi connectivity index (χ0v) is 12.3. The average molecular weight is 289 g/mol. The van der Waals surface area contributed by atoms with Gasteiger partial charge >= 0.3 is 5.69 Å². The Morgan fingerprint density at radius 3 is 2.43 bits per heavy atom. The summed E-state index contributed by atoms with van der Waals surface area (Å²) in [5, 5.41) is 10.4. The number of rotatable bonds is 4. The Morgan fingerprint density at radius 2 is 1.86 bits per heavy atom. The van der Waals surface area contributed by atoms with Gasteiger partial charge in [0.1, 0.15) is 5.56 Å². The second kappa shape index (κ2) is 5.97. The lowest BCUT2D eigenvalue weighted by atomic mass is 10.1. The number of likely N-dealkylation sites (N-methyl/N-ethyl adjacent to an activating group) is 1. The first kappa shape index (κ1) is 15.1. The van der Waals surface area contributed by atoms with E-state index in [1.165, 1.54) is 4.57 Å². The molecule has 0 saturated heterocycles. The number of hydrogen-bond acceptors (Lipinski definition) is 4. The van der Waals surface area contributed by atoms with Gasteiger partial charge in [0.25, 0.3) is 5.56 Å². The summed E-state index contributed by atoms with van der Waals surface area (Å²) in [7, 11) is 3.75. The summed E-state index contributed by atoms with van der Waals surface area (Å²) < 4.78 is 1.21. The first-order chi connectivity index (χ1) is 9.91. The first-order valence-corrected chi connectivity index (χ1v) is 6.69. The van der Waals surface area contributed by atoms with Crippen LogP contribution in [0, 0.1) is 0 Å². The maximum Gasteiger partial charge on any atom is 0.331 e. The van der Waals surface area contributed by atoms with Gasteiger partial charge in [-0.2, -0.15) is 0 Å². The molecule has 1 aromatic heterocycles. The fourth-order valence-electron chi connectivity index (χ4n) is 2.42. The van der Waals surface area contributed by atoms with Crippen LogP contribution >= 0.6 is 0 Å². The number of hydrogen-bond donors (Lipinski definition) is 2. The molecular weight excluding hydrogens is 270 g/mol. The quantitative estimate of drug-likeness (QED) is 0.881. The summed E-state index contributed by atoms with van der Waals surface area (Å²) in [4.78, 5) is 28.2. The molecule has 6 heteroatoms. The van der Waals surface area contributed by atoms with Crippen LogP contribution in [0.3, 0.4) is 0 Å². The molecule has 2 N–H and O–H groups in total. The summed E-state index contributed by atoms with van der Waals surface area (Å²) in [5.74, 6) is -0.302. The lowest BCUT2D eigenvalue weighted by Gasteiger charge is -2.21. The van der Waals surface area contributed by atoms with Crippen molar-refractivity contribution in [1.29, 1.82) is 0 Å². The molecule has 0 bridgehead atoms. The molecule has 0 aliphatic rings. The molecular formula is C15H19N3O3. The molecule has 0 radical (unpaired) electrons. The third-order valence-corrected chi connectivity index (χ3v) is 3.25. The lowest BCUT2D eigenvalue weighted by molar-refractivity contribution is 0.302. The normalized spacial score (nSPS) is 12.6. The summed E-state index contributed by atoms with van der Waals surface area (Å²) in [6.07, 6.45) is 0. The van der Waals surface area contributed by atoms with E-state index in [1.807, 2.05) is 32.0 Å². The lowest BCUT2D eigenvalue weighted by Crippen LogP contribution is -2.35. The van der Waals surface area contributed by atoms with Crippen molar-refractivity contribution < 1.29 is 5.11 Å².